The van der Waals surface area contributed by atoms with E-state index in [1.54, 1.807) is 18.2 Å². The monoisotopic (exact) mass is 412 g/mol. The topological polar surface area (TPSA) is 58.2 Å². The van der Waals surface area contributed by atoms with Crippen LogP contribution in [0.2, 0.25) is 5.02 Å². The maximum absolute atomic E-state index is 12.4. The van der Waals surface area contributed by atoms with E-state index in [0.29, 0.717) is 16.3 Å². The van der Waals surface area contributed by atoms with Gasteiger partial charge in [-0.25, -0.2) is 0 Å². The molecule has 0 aliphatic heterocycles. The van der Waals surface area contributed by atoms with Crippen molar-refractivity contribution in [3.05, 3.63) is 71.2 Å². The number of nitrogens with one attached hydrogen (secondary N) is 2. The molecule has 0 fully saturated rings. The molecule has 0 spiro atoms. The molecule has 2 amide bonds. The summed E-state index contributed by atoms with van der Waals surface area (Å²) in [6.45, 7) is 3.78. The van der Waals surface area contributed by atoms with Crippen LogP contribution in [0, 0.1) is 0 Å². The molecule has 0 radical (unpaired) electrons. The van der Waals surface area contributed by atoms with Crippen LogP contribution in [0.15, 0.2) is 65.6 Å². The molecule has 0 aliphatic rings. The summed E-state index contributed by atoms with van der Waals surface area (Å²) in [5, 5.41) is 8.31. The molecule has 0 heterocycles. The third-order valence-electron chi connectivity index (χ3n) is 4.01. The third kappa shape index (κ3) is 5.27. The molecule has 2 N–H and O–H groups in total. The highest BCUT2D eigenvalue weighted by Gasteiger charge is 2.12. The standard InChI is InChI=1S/C22H21ClN2O2S/c1-14(2)24-22(27)17-8-10-19(23)20(12-17)25-21(26)13-28-18-9-7-15-5-3-4-6-16(15)11-18/h3-12,14H,13H2,1-2H3,(H,24,27)(H,25,26). The number of hydrogen-bond donors (Lipinski definition) is 2. The maximum Gasteiger partial charge on any atom is 0.251 e. The Bertz CT molecular complexity index is 1020. The van der Waals surface area contributed by atoms with E-state index in [4.69, 9.17) is 11.6 Å². The minimum Gasteiger partial charge on any atom is -0.350 e. The van der Waals surface area contributed by atoms with Gasteiger partial charge in [0.25, 0.3) is 5.91 Å². The summed E-state index contributed by atoms with van der Waals surface area (Å²) in [5.74, 6) is -0.133. The summed E-state index contributed by atoms with van der Waals surface area (Å²) < 4.78 is 0. The Labute approximate surface area is 173 Å². The lowest BCUT2D eigenvalue weighted by Gasteiger charge is -2.11. The van der Waals surface area contributed by atoms with Crippen molar-refractivity contribution < 1.29 is 9.59 Å². The molecule has 144 valence electrons. The SMILES string of the molecule is CC(C)NC(=O)c1ccc(Cl)c(NC(=O)CSc2ccc3ccccc3c2)c1. The lowest BCUT2D eigenvalue weighted by molar-refractivity contribution is -0.113. The van der Waals surface area contributed by atoms with Gasteiger partial charge in [0.2, 0.25) is 5.91 Å². The van der Waals surface area contributed by atoms with Crippen molar-refractivity contribution >= 4 is 51.6 Å². The van der Waals surface area contributed by atoms with E-state index in [1.165, 1.54) is 17.1 Å². The van der Waals surface area contributed by atoms with Crippen molar-refractivity contribution in [2.24, 2.45) is 0 Å². The average Bonchev–Trinajstić information content (AvgIpc) is 2.67. The first kappa shape index (κ1) is 20.2. The second-order valence-electron chi connectivity index (χ2n) is 6.67. The highest BCUT2D eigenvalue weighted by Crippen LogP contribution is 2.26. The minimum absolute atomic E-state index is 0.0274. The molecule has 3 aromatic carbocycles. The van der Waals surface area contributed by atoms with Crippen molar-refractivity contribution in [2.75, 3.05) is 11.1 Å². The number of benzene rings is 3. The molecule has 0 atom stereocenters. The minimum atomic E-state index is -0.201. The van der Waals surface area contributed by atoms with Gasteiger partial charge in [-0.1, -0.05) is 41.9 Å². The third-order valence-corrected chi connectivity index (χ3v) is 5.34. The van der Waals surface area contributed by atoms with Crippen LogP contribution in [0.1, 0.15) is 24.2 Å². The van der Waals surface area contributed by atoms with Gasteiger partial charge in [-0.2, -0.15) is 0 Å². The summed E-state index contributed by atoms with van der Waals surface area (Å²) in [6.07, 6.45) is 0. The Balaban J connectivity index is 1.64. The molecule has 0 saturated carbocycles. The Morgan fingerprint density at radius 1 is 1.00 bits per heavy atom. The Morgan fingerprint density at radius 3 is 2.50 bits per heavy atom. The van der Waals surface area contributed by atoms with E-state index < -0.39 is 0 Å². The highest BCUT2D eigenvalue weighted by atomic mass is 35.5. The first-order valence-electron chi connectivity index (χ1n) is 8.94. The number of halogens is 1. The maximum atomic E-state index is 12.4. The number of rotatable bonds is 6. The quantitative estimate of drug-likeness (QED) is 0.535. The number of thioether (sulfide) groups is 1. The number of carbonyl (C=O) groups excluding carboxylic acids is 2. The first-order valence-corrected chi connectivity index (χ1v) is 10.3. The number of amides is 2. The molecule has 0 saturated heterocycles. The van der Waals surface area contributed by atoms with Crippen LogP contribution in [0.3, 0.4) is 0 Å². The van der Waals surface area contributed by atoms with Crippen LogP contribution in [-0.4, -0.2) is 23.6 Å². The Hall–Kier alpha value is -2.50. The Kier molecular flexibility index (Phi) is 6.60. The zero-order valence-electron chi connectivity index (χ0n) is 15.7. The second-order valence-corrected chi connectivity index (χ2v) is 8.12. The largest absolute Gasteiger partial charge is 0.350 e. The molecular formula is C22H21ClN2O2S. The van der Waals surface area contributed by atoms with Gasteiger partial charge in [0, 0.05) is 16.5 Å². The van der Waals surface area contributed by atoms with Gasteiger partial charge in [0.15, 0.2) is 0 Å². The van der Waals surface area contributed by atoms with E-state index >= 15 is 0 Å². The van der Waals surface area contributed by atoms with Crippen molar-refractivity contribution in [1.29, 1.82) is 0 Å². The van der Waals surface area contributed by atoms with E-state index in [-0.39, 0.29) is 23.6 Å². The normalized spacial score (nSPS) is 10.9. The van der Waals surface area contributed by atoms with Gasteiger partial charge in [-0.3, -0.25) is 9.59 Å². The fourth-order valence-corrected chi connectivity index (χ4v) is 3.61. The van der Waals surface area contributed by atoms with Gasteiger partial charge < -0.3 is 10.6 Å². The zero-order valence-corrected chi connectivity index (χ0v) is 17.2. The fraction of sp³-hybridized carbons (Fsp3) is 0.182. The van der Waals surface area contributed by atoms with Crippen LogP contribution >= 0.6 is 23.4 Å². The highest BCUT2D eigenvalue weighted by molar-refractivity contribution is 8.00. The van der Waals surface area contributed by atoms with Crippen molar-refractivity contribution in [3.8, 4) is 0 Å². The molecule has 0 aromatic heterocycles. The molecule has 3 aromatic rings. The van der Waals surface area contributed by atoms with Crippen LogP contribution in [0.25, 0.3) is 10.8 Å². The second kappa shape index (κ2) is 9.13. The number of carbonyl (C=O) groups is 2. The fourth-order valence-electron chi connectivity index (χ4n) is 2.70. The zero-order chi connectivity index (χ0) is 20.1. The van der Waals surface area contributed by atoms with Crippen LogP contribution < -0.4 is 10.6 Å². The molecule has 3 rings (SSSR count). The summed E-state index contributed by atoms with van der Waals surface area (Å²) >= 11 is 7.63. The van der Waals surface area contributed by atoms with Gasteiger partial charge >= 0.3 is 0 Å². The number of fused-ring (bicyclic) bond motifs is 1. The predicted molar refractivity (Wildman–Crippen MR) is 117 cm³/mol. The van der Waals surface area contributed by atoms with E-state index in [2.05, 4.69) is 22.8 Å². The van der Waals surface area contributed by atoms with Crippen LogP contribution in [-0.2, 0) is 4.79 Å². The lowest BCUT2D eigenvalue weighted by atomic mass is 10.1. The van der Waals surface area contributed by atoms with E-state index in [9.17, 15) is 9.59 Å². The number of anilines is 1. The molecule has 4 nitrogen and oxygen atoms in total. The van der Waals surface area contributed by atoms with Gasteiger partial charge in [0.05, 0.1) is 16.5 Å². The lowest BCUT2D eigenvalue weighted by Crippen LogP contribution is -2.30. The first-order chi connectivity index (χ1) is 13.4. The van der Waals surface area contributed by atoms with Crippen molar-refractivity contribution in [1.82, 2.24) is 5.32 Å². The summed E-state index contributed by atoms with van der Waals surface area (Å²) in [6, 6.07) is 19.1. The van der Waals surface area contributed by atoms with Gasteiger partial charge in [0.1, 0.15) is 0 Å². The van der Waals surface area contributed by atoms with Gasteiger partial charge in [-0.05, 0) is 55.0 Å². The summed E-state index contributed by atoms with van der Waals surface area (Å²) in [5.41, 5.74) is 0.887. The molecule has 0 unspecified atom stereocenters. The van der Waals surface area contributed by atoms with Gasteiger partial charge in [-0.15, -0.1) is 11.8 Å². The van der Waals surface area contributed by atoms with E-state index in [0.717, 1.165) is 10.3 Å². The molecule has 0 bridgehead atoms. The smallest absolute Gasteiger partial charge is 0.251 e. The average molecular weight is 413 g/mol. The number of hydrogen-bond acceptors (Lipinski definition) is 3. The molecule has 0 aliphatic carbocycles. The predicted octanol–water partition coefficient (Wildman–Crippen LogP) is 5.36. The van der Waals surface area contributed by atoms with Crippen LogP contribution in [0.5, 0.6) is 0 Å². The Morgan fingerprint density at radius 2 is 1.75 bits per heavy atom. The molecule has 28 heavy (non-hydrogen) atoms. The summed E-state index contributed by atoms with van der Waals surface area (Å²) in [4.78, 5) is 25.5. The van der Waals surface area contributed by atoms with Crippen molar-refractivity contribution in [3.63, 3.8) is 0 Å². The van der Waals surface area contributed by atoms with E-state index in [1.807, 2.05) is 44.2 Å². The van der Waals surface area contributed by atoms with Crippen molar-refractivity contribution in [2.45, 2.75) is 24.8 Å². The molecular weight excluding hydrogens is 392 g/mol. The van der Waals surface area contributed by atoms with Crippen LogP contribution in [0.4, 0.5) is 5.69 Å². The molecule has 6 heteroatoms. The summed E-state index contributed by atoms with van der Waals surface area (Å²) in [7, 11) is 0.